The summed E-state index contributed by atoms with van der Waals surface area (Å²) in [6.45, 7) is 0. The first kappa shape index (κ1) is 22.6. The average Bonchev–Trinajstić information content (AvgIpc) is 1.27. The van der Waals surface area contributed by atoms with Crippen molar-refractivity contribution in [3.63, 3.8) is 0 Å². The Hall–Kier alpha value is 1.74. The first-order chi connectivity index (χ1) is 3.13. The van der Waals surface area contributed by atoms with Crippen molar-refractivity contribution >= 4 is 12.3 Å². The van der Waals surface area contributed by atoms with Crippen LogP contribution in [0.5, 0.6) is 0 Å². The van der Waals surface area contributed by atoms with Crippen LogP contribution in [0.4, 0.5) is 9.59 Å². The summed E-state index contributed by atoms with van der Waals surface area (Å²) in [7, 11) is 0. The molecule has 0 fully saturated rings. The number of hydrogen-bond acceptors (Lipinski definition) is 5. The van der Waals surface area contributed by atoms with Crippen molar-refractivity contribution in [3.8, 4) is 0 Å². The monoisotopic (exact) mass is 173 g/mol. The maximum atomic E-state index is 9.06. The van der Waals surface area contributed by atoms with Gasteiger partial charge in [0, 0.05) is 0 Å². The minimum absolute atomic E-state index is 0. The second kappa shape index (κ2) is 13.3. The zero-order valence-corrected chi connectivity index (χ0v) is 12.0. The van der Waals surface area contributed by atoms with Gasteiger partial charge in [0.2, 0.25) is 0 Å². The molecule has 0 aromatic heterocycles. The van der Waals surface area contributed by atoms with Crippen molar-refractivity contribution < 1.29 is 113 Å². The number of carbonyl (C=O) groups is 2. The molecule has 0 spiro atoms. The molecule has 0 N–H and O–H groups in total. The third kappa shape index (κ3) is 22.6. The van der Waals surface area contributed by atoms with E-state index in [1.165, 1.54) is 0 Å². The van der Waals surface area contributed by atoms with E-state index in [0.717, 1.165) is 0 Å². The number of carboxylic acid groups (broad SMARTS) is 2. The van der Waals surface area contributed by atoms with Gasteiger partial charge in [-0.25, -0.2) is 0 Å². The van der Waals surface area contributed by atoms with Crippen LogP contribution in [0.2, 0.25) is 0 Å². The molecule has 0 rings (SSSR count). The first-order valence-corrected chi connectivity index (χ1v) is 1.22. The maximum absolute atomic E-state index is 9.06. The van der Waals surface area contributed by atoms with Crippen LogP contribution in [0.1, 0.15) is 0 Å². The third-order valence-corrected chi connectivity index (χ3v) is 0.167. The largest absolute Gasteiger partial charge is 1.00 e. The van der Waals surface area contributed by atoms with Crippen LogP contribution in [0.3, 0.4) is 0 Å². The smallest absolute Gasteiger partial charge is 0.483 e. The van der Waals surface area contributed by atoms with E-state index < -0.39 is 12.3 Å². The quantitative estimate of drug-likeness (QED) is 0.206. The number of hydrogen-bond donors (Lipinski definition) is 0. The Kier molecular flexibility index (Phi) is 30.2. The van der Waals surface area contributed by atoms with Crippen LogP contribution in [0.25, 0.3) is 0 Å². The van der Waals surface area contributed by atoms with Crippen LogP contribution < -0.4 is 98.9 Å². The van der Waals surface area contributed by atoms with E-state index in [4.69, 9.17) is 19.8 Å². The molecular formula is C2Na3O5+. The van der Waals surface area contributed by atoms with E-state index in [1.54, 1.807) is 0 Å². The van der Waals surface area contributed by atoms with Gasteiger partial charge in [-0.3, -0.25) is 0 Å². The maximum Gasteiger partial charge on any atom is 1.00 e. The fraction of sp³-hybridized carbons (Fsp3) is 0. The molecule has 0 unspecified atom stereocenters. The zero-order valence-electron chi connectivity index (χ0n) is 6.04. The molecule has 0 aliphatic carbocycles. The van der Waals surface area contributed by atoms with Crippen molar-refractivity contribution in [3.05, 3.63) is 0 Å². The predicted molar refractivity (Wildman–Crippen MR) is 11.9 cm³/mol. The molecule has 0 aliphatic rings. The van der Waals surface area contributed by atoms with Gasteiger partial charge in [0.1, 0.15) is 0 Å². The molecule has 0 heterocycles. The van der Waals surface area contributed by atoms with E-state index in [-0.39, 0.29) is 88.7 Å². The summed E-state index contributed by atoms with van der Waals surface area (Å²) in [4.78, 5) is 18.1. The Balaban J connectivity index is -0.0000000600. The van der Waals surface area contributed by atoms with Crippen molar-refractivity contribution in [1.29, 1.82) is 0 Å². The normalized spacial score (nSPS) is 5.20. The van der Waals surface area contributed by atoms with Crippen LogP contribution in [-0.4, -0.2) is 12.3 Å². The number of ether oxygens (including phenoxy) is 1. The fourth-order valence-corrected chi connectivity index (χ4v) is 0.0680. The van der Waals surface area contributed by atoms with Gasteiger partial charge in [-0.1, -0.05) is 0 Å². The fourth-order valence-electron chi connectivity index (χ4n) is 0.0680. The summed E-state index contributed by atoms with van der Waals surface area (Å²) in [6.07, 6.45) is -4.25. The minimum Gasteiger partial charge on any atom is -0.483 e. The van der Waals surface area contributed by atoms with Gasteiger partial charge in [0.15, 0.2) is 0 Å². The molecule has 0 aromatic carbocycles. The summed E-state index contributed by atoms with van der Waals surface area (Å²) < 4.78 is 2.86. The molecule has 0 aliphatic heterocycles. The van der Waals surface area contributed by atoms with Crippen LogP contribution in [0, 0.1) is 0 Å². The topological polar surface area (TPSA) is 89.5 Å². The molecule has 10 heavy (non-hydrogen) atoms. The first-order valence-electron chi connectivity index (χ1n) is 1.22. The predicted octanol–water partition coefficient (Wildman–Crippen LogP) is -11.3. The Labute approximate surface area is 123 Å². The molecular weight excluding hydrogens is 173 g/mol. The molecule has 0 amide bonds. The van der Waals surface area contributed by atoms with Gasteiger partial charge in [-0.05, 0) is 0 Å². The molecule has 0 aromatic rings. The summed E-state index contributed by atoms with van der Waals surface area (Å²) in [6, 6.07) is 0. The van der Waals surface area contributed by atoms with E-state index in [2.05, 4.69) is 4.74 Å². The van der Waals surface area contributed by atoms with Crippen LogP contribution in [0.15, 0.2) is 0 Å². The van der Waals surface area contributed by atoms with Gasteiger partial charge in [-0.15, -0.1) is 0 Å². The molecule has 0 radical (unpaired) electrons. The molecule has 40 valence electrons. The summed E-state index contributed by atoms with van der Waals surface area (Å²) in [5.74, 6) is 0. The van der Waals surface area contributed by atoms with Gasteiger partial charge in [-0.2, -0.15) is 0 Å². The molecule has 8 heteroatoms. The van der Waals surface area contributed by atoms with Gasteiger partial charge >= 0.3 is 88.7 Å². The Morgan fingerprint density at radius 2 is 1.10 bits per heavy atom. The second-order valence-corrected chi connectivity index (χ2v) is 0.602. The Morgan fingerprint density at radius 3 is 1.10 bits per heavy atom. The van der Waals surface area contributed by atoms with Gasteiger partial charge < -0.3 is 24.5 Å². The van der Waals surface area contributed by atoms with Crippen molar-refractivity contribution in [1.82, 2.24) is 0 Å². The summed E-state index contributed by atoms with van der Waals surface area (Å²) in [5.41, 5.74) is 0. The van der Waals surface area contributed by atoms with E-state index in [9.17, 15) is 0 Å². The van der Waals surface area contributed by atoms with Gasteiger partial charge in [0.25, 0.3) is 12.3 Å². The van der Waals surface area contributed by atoms with E-state index in [0.29, 0.717) is 0 Å². The van der Waals surface area contributed by atoms with Crippen molar-refractivity contribution in [2.75, 3.05) is 0 Å². The van der Waals surface area contributed by atoms with Crippen molar-refractivity contribution in [2.45, 2.75) is 0 Å². The average molecular weight is 173 g/mol. The standard InChI is InChI=1S/C2H2O5.3Na/c3-1(4)7-2(5)6;;;/h(H,3,4)(H,5,6);;;/q;3*+1/p-2. The van der Waals surface area contributed by atoms with E-state index in [1.807, 2.05) is 0 Å². The molecule has 5 nitrogen and oxygen atoms in total. The zero-order chi connectivity index (χ0) is 5.86. The SMILES string of the molecule is O=C([O-])OC(=O)[O-].[Na+].[Na+].[Na+]. The third-order valence-electron chi connectivity index (χ3n) is 0.167. The second-order valence-electron chi connectivity index (χ2n) is 0.602. The summed E-state index contributed by atoms with van der Waals surface area (Å²) >= 11 is 0. The van der Waals surface area contributed by atoms with E-state index >= 15 is 0 Å². The molecule has 0 bridgehead atoms. The summed E-state index contributed by atoms with van der Waals surface area (Å²) in [5, 5.41) is 18.1. The Morgan fingerprint density at radius 1 is 0.900 bits per heavy atom. The Bertz CT molecular complexity index is 91.1. The van der Waals surface area contributed by atoms with Crippen LogP contribution in [-0.2, 0) is 4.74 Å². The number of rotatable bonds is 0. The molecule has 0 saturated carbocycles. The van der Waals surface area contributed by atoms with Crippen LogP contribution >= 0.6 is 0 Å². The van der Waals surface area contributed by atoms with Gasteiger partial charge in [0.05, 0.1) is 0 Å². The minimum atomic E-state index is -2.12. The molecule has 0 saturated heterocycles. The molecule has 0 atom stereocenters. The number of carbonyl (C=O) groups excluding carboxylic acids is 2. The van der Waals surface area contributed by atoms with Crippen molar-refractivity contribution in [2.24, 2.45) is 0 Å².